The first-order valence-electron chi connectivity index (χ1n) is 3.33. The second-order valence-corrected chi connectivity index (χ2v) is 2.94. The van der Waals surface area contributed by atoms with Crippen molar-refractivity contribution in [2.75, 3.05) is 7.11 Å². The molecule has 0 atom stereocenters. The molecule has 11 heavy (non-hydrogen) atoms. The van der Waals surface area contributed by atoms with E-state index in [1.807, 2.05) is 12.1 Å². The van der Waals surface area contributed by atoms with Gasteiger partial charge >= 0.3 is 0 Å². The van der Waals surface area contributed by atoms with E-state index >= 15 is 0 Å². The molecule has 0 bridgehead atoms. The van der Waals surface area contributed by atoms with Crippen LogP contribution in [0.1, 0.15) is 0 Å². The van der Waals surface area contributed by atoms with Gasteiger partial charge in [-0.05, 0) is 16.8 Å². The Hall–Kier alpha value is -1.02. The van der Waals surface area contributed by atoms with E-state index < -0.39 is 0 Å². The molecule has 1 heterocycles. The number of benzene rings is 1. The van der Waals surface area contributed by atoms with Crippen molar-refractivity contribution < 1.29 is 4.74 Å². The van der Waals surface area contributed by atoms with Gasteiger partial charge < -0.3 is 4.74 Å². The van der Waals surface area contributed by atoms with Crippen LogP contribution in [0.2, 0.25) is 0 Å². The molecule has 0 amide bonds. The van der Waals surface area contributed by atoms with Crippen LogP contribution < -0.4 is 4.74 Å². The highest BCUT2D eigenvalue weighted by Crippen LogP contribution is 2.27. The summed E-state index contributed by atoms with van der Waals surface area (Å²) in [6.45, 7) is 0. The lowest BCUT2D eigenvalue weighted by atomic mass is 10.2. The van der Waals surface area contributed by atoms with Crippen LogP contribution in [0.4, 0.5) is 0 Å². The number of hydrogen-bond donors (Lipinski definition) is 0. The summed E-state index contributed by atoms with van der Waals surface area (Å²) in [4.78, 5) is 0. The first-order chi connectivity index (χ1) is 5.42. The van der Waals surface area contributed by atoms with Gasteiger partial charge in [0.2, 0.25) is 0 Å². The molecule has 0 saturated heterocycles. The van der Waals surface area contributed by atoms with E-state index in [2.05, 4.69) is 16.8 Å². The van der Waals surface area contributed by atoms with Gasteiger partial charge in [-0.2, -0.15) is 0 Å². The highest BCUT2D eigenvalue weighted by molar-refractivity contribution is 7.08. The van der Waals surface area contributed by atoms with Crippen molar-refractivity contribution in [3.8, 4) is 5.75 Å². The molecule has 0 aliphatic rings. The van der Waals surface area contributed by atoms with Crippen LogP contribution in [-0.2, 0) is 0 Å². The highest BCUT2D eigenvalue weighted by atomic mass is 32.1. The lowest BCUT2D eigenvalue weighted by Gasteiger charge is -1.98. The molecule has 2 aromatic rings. The lowest BCUT2D eigenvalue weighted by Crippen LogP contribution is -1.81. The largest absolute Gasteiger partial charge is 0.496 e. The monoisotopic (exact) mass is 163 g/mol. The van der Waals surface area contributed by atoms with Crippen LogP contribution in [0, 0.1) is 5.38 Å². The molecule has 0 unspecified atom stereocenters. The van der Waals surface area contributed by atoms with Crippen molar-refractivity contribution in [3.63, 3.8) is 0 Å². The van der Waals surface area contributed by atoms with Crippen molar-refractivity contribution in [1.82, 2.24) is 0 Å². The predicted octanol–water partition coefficient (Wildman–Crippen LogP) is 2.71. The average molecular weight is 163 g/mol. The number of thiophene rings is 1. The van der Waals surface area contributed by atoms with Gasteiger partial charge in [0.1, 0.15) is 5.75 Å². The minimum absolute atomic E-state index is 0.906. The van der Waals surface area contributed by atoms with E-state index in [9.17, 15) is 0 Å². The maximum atomic E-state index is 5.16. The van der Waals surface area contributed by atoms with Gasteiger partial charge in [-0.3, -0.25) is 0 Å². The first kappa shape index (κ1) is 6.68. The molecule has 1 aromatic heterocycles. The summed E-state index contributed by atoms with van der Waals surface area (Å²) in [6, 6.07) is 6.00. The fourth-order valence-corrected chi connectivity index (χ4v) is 1.80. The standard InChI is InChI=1S/C9H7OS/c1-10-9-4-2-3-7-5-11-6-8(7)9/h2-5H,1H3. The molecular weight excluding hydrogens is 156 g/mol. The van der Waals surface area contributed by atoms with Crippen molar-refractivity contribution in [2.24, 2.45) is 0 Å². The van der Waals surface area contributed by atoms with Crippen LogP contribution in [0.25, 0.3) is 10.8 Å². The number of rotatable bonds is 1. The van der Waals surface area contributed by atoms with Crippen molar-refractivity contribution in [3.05, 3.63) is 29.0 Å². The summed E-state index contributed by atoms with van der Waals surface area (Å²) in [5, 5.41) is 7.51. The van der Waals surface area contributed by atoms with E-state index in [1.54, 1.807) is 18.4 Å². The topological polar surface area (TPSA) is 9.23 Å². The molecule has 0 aliphatic carbocycles. The zero-order valence-electron chi connectivity index (χ0n) is 6.13. The van der Waals surface area contributed by atoms with E-state index in [0.29, 0.717) is 0 Å². The van der Waals surface area contributed by atoms with Crippen molar-refractivity contribution in [1.29, 1.82) is 0 Å². The molecule has 1 aromatic carbocycles. The molecule has 1 nitrogen and oxygen atoms in total. The third-order valence-electron chi connectivity index (χ3n) is 1.63. The third-order valence-corrected chi connectivity index (χ3v) is 2.32. The van der Waals surface area contributed by atoms with Gasteiger partial charge in [-0.25, -0.2) is 0 Å². The zero-order valence-corrected chi connectivity index (χ0v) is 6.94. The quantitative estimate of drug-likeness (QED) is 0.628. The summed E-state index contributed by atoms with van der Waals surface area (Å²) in [6.07, 6.45) is 0. The van der Waals surface area contributed by atoms with E-state index in [4.69, 9.17) is 4.74 Å². The lowest BCUT2D eigenvalue weighted by molar-refractivity contribution is 0.420. The van der Waals surface area contributed by atoms with Gasteiger partial charge in [0.25, 0.3) is 0 Å². The normalized spacial score (nSPS) is 10.3. The minimum atomic E-state index is 0.906. The van der Waals surface area contributed by atoms with Crippen molar-refractivity contribution >= 4 is 22.1 Å². The number of methoxy groups -OCH3 is 1. The summed E-state index contributed by atoms with van der Waals surface area (Å²) in [7, 11) is 1.68. The Labute approximate surface area is 69.2 Å². The Morgan fingerprint density at radius 3 is 3.18 bits per heavy atom. The number of hydrogen-bond acceptors (Lipinski definition) is 2. The zero-order chi connectivity index (χ0) is 7.68. The molecule has 2 rings (SSSR count). The van der Waals surface area contributed by atoms with Gasteiger partial charge in [0.15, 0.2) is 0 Å². The van der Waals surface area contributed by atoms with Gasteiger partial charge in [-0.1, -0.05) is 12.1 Å². The maximum absolute atomic E-state index is 5.16. The minimum Gasteiger partial charge on any atom is -0.496 e. The Kier molecular flexibility index (Phi) is 1.55. The summed E-state index contributed by atoms with van der Waals surface area (Å²) >= 11 is 1.58. The Balaban J connectivity index is 2.79. The first-order valence-corrected chi connectivity index (χ1v) is 4.21. The molecule has 1 radical (unpaired) electrons. The average Bonchev–Trinajstić information content (AvgIpc) is 2.50. The molecule has 2 heteroatoms. The Morgan fingerprint density at radius 2 is 2.36 bits per heavy atom. The summed E-state index contributed by atoms with van der Waals surface area (Å²) < 4.78 is 5.16. The SMILES string of the molecule is COc1cccc2cs[c]c12. The van der Waals surface area contributed by atoms with Crippen LogP contribution in [0.5, 0.6) is 5.75 Å². The second kappa shape index (κ2) is 2.55. The van der Waals surface area contributed by atoms with Crippen LogP contribution in [0.15, 0.2) is 23.6 Å². The Morgan fingerprint density at radius 1 is 1.45 bits per heavy atom. The van der Waals surface area contributed by atoms with E-state index in [0.717, 1.165) is 11.1 Å². The smallest absolute Gasteiger partial charge is 0.128 e. The predicted molar refractivity (Wildman–Crippen MR) is 47.2 cm³/mol. The molecular formula is C9H7OS. The fourth-order valence-electron chi connectivity index (χ4n) is 1.08. The number of ether oxygens (including phenoxy) is 1. The van der Waals surface area contributed by atoms with E-state index in [-0.39, 0.29) is 0 Å². The van der Waals surface area contributed by atoms with Crippen LogP contribution in [-0.4, -0.2) is 7.11 Å². The summed E-state index contributed by atoms with van der Waals surface area (Å²) in [5.41, 5.74) is 0. The van der Waals surface area contributed by atoms with Crippen molar-refractivity contribution in [2.45, 2.75) is 0 Å². The second-order valence-electron chi connectivity index (χ2n) is 2.26. The Bertz CT molecular complexity index is 364. The van der Waals surface area contributed by atoms with E-state index in [1.165, 1.54) is 5.39 Å². The van der Waals surface area contributed by atoms with Crippen LogP contribution >= 0.6 is 11.3 Å². The highest BCUT2D eigenvalue weighted by Gasteiger charge is 1.99. The van der Waals surface area contributed by atoms with Gasteiger partial charge in [0, 0.05) is 5.39 Å². The van der Waals surface area contributed by atoms with Crippen LogP contribution in [0.3, 0.4) is 0 Å². The molecule has 0 spiro atoms. The maximum Gasteiger partial charge on any atom is 0.128 e. The molecule has 55 valence electrons. The molecule has 0 saturated carbocycles. The third kappa shape index (κ3) is 0.994. The number of fused-ring (bicyclic) bond motifs is 1. The van der Waals surface area contributed by atoms with Gasteiger partial charge in [-0.15, -0.1) is 11.3 Å². The molecule has 0 N–H and O–H groups in total. The molecule has 0 aliphatic heterocycles. The molecule has 0 fully saturated rings. The fraction of sp³-hybridized carbons (Fsp3) is 0.111. The summed E-state index contributed by atoms with van der Waals surface area (Å²) in [5.74, 6) is 0.906. The van der Waals surface area contributed by atoms with Gasteiger partial charge in [0.05, 0.1) is 12.5 Å².